The van der Waals surface area contributed by atoms with E-state index in [9.17, 15) is 0 Å². The molecule has 0 amide bonds. The summed E-state index contributed by atoms with van der Waals surface area (Å²) in [5.74, 6) is 0. The molecule has 0 spiro atoms. The zero-order valence-corrected chi connectivity index (χ0v) is 17.8. The molecule has 6 rings (SSSR count). The van der Waals surface area contributed by atoms with E-state index in [2.05, 4.69) is 65.0 Å². The van der Waals surface area contributed by atoms with E-state index in [1.54, 1.807) is 0 Å². The van der Waals surface area contributed by atoms with Gasteiger partial charge in [-0.1, -0.05) is 35.2 Å². The molecular weight excluding hydrogens is 406 g/mol. The average Bonchev–Trinajstić information content (AvgIpc) is 3.48. The van der Waals surface area contributed by atoms with Crippen molar-refractivity contribution >= 4 is 33.5 Å². The third kappa shape index (κ3) is 3.58. The Hall–Kier alpha value is -3.23. The van der Waals surface area contributed by atoms with Crippen molar-refractivity contribution in [3.63, 3.8) is 0 Å². The van der Waals surface area contributed by atoms with Gasteiger partial charge in [0.1, 0.15) is 11.3 Å². The predicted octanol–water partition coefficient (Wildman–Crippen LogP) is 4.68. The smallest absolute Gasteiger partial charge is 0.186 e. The summed E-state index contributed by atoms with van der Waals surface area (Å²) in [6, 6.07) is 13.1. The lowest BCUT2D eigenvalue weighted by Crippen LogP contribution is -2.28. The van der Waals surface area contributed by atoms with E-state index in [1.807, 2.05) is 18.5 Å². The van der Waals surface area contributed by atoms with Gasteiger partial charge in [0.25, 0.3) is 0 Å². The number of rotatable bonds is 4. The molecule has 0 radical (unpaired) electrons. The largest absolute Gasteiger partial charge is 0.338 e. The SMILES string of the molecule is c1cc(-c2cnc3[nH]c4cnc(-c5nnns5)cc4c3c2)ccc1CN1CCCCC1. The van der Waals surface area contributed by atoms with E-state index >= 15 is 0 Å². The van der Waals surface area contributed by atoms with Gasteiger partial charge in [0, 0.05) is 40.6 Å². The number of hydrogen-bond acceptors (Lipinski definition) is 7. The molecule has 0 atom stereocenters. The highest BCUT2D eigenvalue weighted by atomic mass is 32.1. The fourth-order valence-electron chi connectivity index (χ4n) is 4.36. The third-order valence-electron chi connectivity index (χ3n) is 6.00. The minimum atomic E-state index is 0.713. The van der Waals surface area contributed by atoms with Crippen molar-refractivity contribution in [2.24, 2.45) is 0 Å². The second-order valence-electron chi connectivity index (χ2n) is 8.06. The minimum absolute atomic E-state index is 0.713. The van der Waals surface area contributed by atoms with E-state index in [0.717, 1.165) is 39.7 Å². The number of aromatic amines is 1. The zero-order chi connectivity index (χ0) is 20.6. The van der Waals surface area contributed by atoms with Crippen LogP contribution in [0.1, 0.15) is 24.8 Å². The van der Waals surface area contributed by atoms with Crippen molar-refractivity contribution in [3.8, 4) is 21.8 Å². The van der Waals surface area contributed by atoms with E-state index in [4.69, 9.17) is 0 Å². The summed E-state index contributed by atoms with van der Waals surface area (Å²) in [6.45, 7) is 3.47. The van der Waals surface area contributed by atoms with E-state index < -0.39 is 0 Å². The van der Waals surface area contributed by atoms with Crippen molar-refractivity contribution in [3.05, 3.63) is 54.4 Å². The van der Waals surface area contributed by atoms with E-state index in [1.165, 1.54) is 55.0 Å². The number of hydrogen-bond donors (Lipinski definition) is 1. The fraction of sp³-hybridized carbons (Fsp3) is 0.261. The molecule has 154 valence electrons. The quantitative estimate of drug-likeness (QED) is 0.448. The van der Waals surface area contributed by atoms with Gasteiger partial charge in [-0.3, -0.25) is 9.88 Å². The lowest BCUT2D eigenvalue weighted by atomic mass is 10.0. The van der Waals surface area contributed by atoms with Crippen molar-refractivity contribution in [1.29, 1.82) is 0 Å². The van der Waals surface area contributed by atoms with E-state index in [0.29, 0.717) is 5.01 Å². The number of piperidine rings is 1. The summed E-state index contributed by atoms with van der Waals surface area (Å²) in [6.07, 6.45) is 7.76. The van der Waals surface area contributed by atoms with Crippen LogP contribution in [0.25, 0.3) is 43.8 Å². The van der Waals surface area contributed by atoms with Crippen LogP contribution in [-0.4, -0.2) is 47.7 Å². The Bertz CT molecular complexity index is 1340. The highest BCUT2D eigenvalue weighted by Gasteiger charge is 2.13. The molecular formula is C23H21N7S. The maximum atomic E-state index is 4.67. The van der Waals surface area contributed by atoms with Gasteiger partial charge >= 0.3 is 0 Å². The third-order valence-corrected chi connectivity index (χ3v) is 6.61. The summed E-state index contributed by atoms with van der Waals surface area (Å²) in [5.41, 5.74) is 6.24. The van der Waals surface area contributed by atoms with Crippen molar-refractivity contribution in [2.45, 2.75) is 25.8 Å². The van der Waals surface area contributed by atoms with Gasteiger partial charge in [-0.05, 0) is 54.4 Å². The number of aromatic nitrogens is 6. The Balaban J connectivity index is 1.33. The molecule has 0 bridgehead atoms. The summed E-state index contributed by atoms with van der Waals surface area (Å²) in [7, 11) is 0. The first-order valence-electron chi connectivity index (χ1n) is 10.6. The number of likely N-dealkylation sites (tertiary alicyclic amines) is 1. The molecule has 5 heterocycles. The van der Waals surface area contributed by atoms with Gasteiger partial charge in [0.15, 0.2) is 5.01 Å². The van der Waals surface area contributed by atoms with Crippen LogP contribution in [0.4, 0.5) is 0 Å². The maximum Gasteiger partial charge on any atom is 0.186 e. The molecule has 1 aromatic carbocycles. The van der Waals surface area contributed by atoms with Crippen LogP contribution < -0.4 is 0 Å². The van der Waals surface area contributed by atoms with Crippen LogP contribution in [0.2, 0.25) is 0 Å². The number of fused-ring (bicyclic) bond motifs is 3. The molecule has 0 saturated carbocycles. The molecule has 7 nitrogen and oxygen atoms in total. The van der Waals surface area contributed by atoms with Gasteiger partial charge < -0.3 is 4.98 Å². The summed E-state index contributed by atoms with van der Waals surface area (Å²) in [5, 5.41) is 10.6. The van der Waals surface area contributed by atoms with Crippen molar-refractivity contribution in [1.82, 2.24) is 34.7 Å². The highest BCUT2D eigenvalue weighted by molar-refractivity contribution is 7.08. The molecule has 1 aliphatic heterocycles. The second-order valence-corrected chi connectivity index (χ2v) is 8.79. The van der Waals surface area contributed by atoms with Crippen molar-refractivity contribution in [2.75, 3.05) is 13.1 Å². The van der Waals surface area contributed by atoms with Crippen LogP contribution in [-0.2, 0) is 6.54 Å². The monoisotopic (exact) mass is 427 g/mol. The number of nitrogens with one attached hydrogen (secondary N) is 1. The van der Waals surface area contributed by atoms with Crippen LogP contribution in [0.5, 0.6) is 0 Å². The van der Waals surface area contributed by atoms with Gasteiger partial charge in [-0.2, -0.15) is 0 Å². The molecule has 1 aliphatic rings. The predicted molar refractivity (Wildman–Crippen MR) is 123 cm³/mol. The topological polar surface area (TPSA) is 83.5 Å². The standard InChI is InChI=1S/C23H21N7S/c1-2-8-30(9-3-1)14-15-4-6-16(7-5-15)17-10-19-18-11-20(23-27-28-29-31-23)24-13-21(18)26-22(19)25-12-17/h4-7,10-13H,1-3,8-9,14H2,(H,25,26). The van der Waals surface area contributed by atoms with Crippen LogP contribution in [0.15, 0.2) is 48.8 Å². The first kappa shape index (κ1) is 18.5. The lowest BCUT2D eigenvalue weighted by molar-refractivity contribution is 0.221. The number of pyridine rings is 2. The van der Waals surface area contributed by atoms with Gasteiger partial charge in [-0.15, -0.1) is 5.10 Å². The van der Waals surface area contributed by atoms with Gasteiger partial charge in [0.05, 0.1) is 11.7 Å². The van der Waals surface area contributed by atoms with Crippen LogP contribution >= 0.6 is 11.5 Å². The number of H-pyrrole nitrogens is 1. The van der Waals surface area contributed by atoms with Crippen LogP contribution in [0, 0.1) is 0 Å². The molecule has 1 fully saturated rings. The number of benzene rings is 1. The van der Waals surface area contributed by atoms with Crippen molar-refractivity contribution < 1.29 is 0 Å². The maximum absolute atomic E-state index is 4.67. The Morgan fingerprint density at radius 3 is 2.58 bits per heavy atom. The first-order chi connectivity index (χ1) is 15.3. The molecule has 0 unspecified atom stereocenters. The Labute approximate surface area is 183 Å². The molecule has 1 saturated heterocycles. The second kappa shape index (κ2) is 7.79. The molecule has 8 heteroatoms. The molecule has 5 aromatic rings. The summed E-state index contributed by atoms with van der Waals surface area (Å²) >= 11 is 1.24. The normalized spacial score (nSPS) is 15.1. The number of nitrogens with zero attached hydrogens (tertiary/aromatic N) is 6. The lowest BCUT2D eigenvalue weighted by Gasteiger charge is -2.26. The minimum Gasteiger partial charge on any atom is -0.338 e. The molecule has 1 N–H and O–H groups in total. The van der Waals surface area contributed by atoms with Crippen LogP contribution in [0.3, 0.4) is 0 Å². The van der Waals surface area contributed by atoms with Gasteiger partial charge in [-0.25, -0.2) is 4.98 Å². The molecule has 31 heavy (non-hydrogen) atoms. The summed E-state index contributed by atoms with van der Waals surface area (Å²) in [4.78, 5) is 15.1. The molecule has 4 aromatic heterocycles. The highest BCUT2D eigenvalue weighted by Crippen LogP contribution is 2.31. The molecule has 0 aliphatic carbocycles. The van der Waals surface area contributed by atoms with Gasteiger partial charge in [0.2, 0.25) is 0 Å². The average molecular weight is 428 g/mol. The first-order valence-corrected chi connectivity index (χ1v) is 11.4. The Morgan fingerprint density at radius 2 is 1.77 bits per heavy atom. The van der Waals surface area contributed by atoms with E-state index in [-0.39, 0.29) is 0 Å². The zero-order valence-electron chi connectivity index (χ0n) is 17.0. The fourth-order valence-corrected chi connectivity index (χ4v) is 4.79. The Morgan fingerprint density at radius 1 is 0.903 bits per heavy atom. The Kier molecular flexibility index (Phi) is 4.66. The summed E-state index contributed by atoms with van der Waals surface area (Å²) < 4.78 is 3.84.